The summed E-state index contributed by atoms with van der Waals surface area (Å²) in [4.78, 5) is 24.1. The first-order chi connectivity index (χ1) is 11.5. The van der Waals surface area contributed by atoms with Crippen LogP contribution in [0.2, 0.25) is 0 Å². The lowest BCUT2D eigenvalue weighted by molar-refractivity contribution is -0.136. The van der Waals surface area contributed by atoms with Crippen LogP contribution in [0.25, 0.3) is 6.08 Å². The minimum Gasteiger partial charge on any atom is -0.493 e. The van der Waals surface area contributed by atoms with E-state index in [1.165, 1.54) is 24.5 Å². The van der Waals surface area contributed by atoms with Crippen LogP contribution in [0.1, 0.15) is 15.2 Å². The van der Waals surface area contributed by atoms with E-state index in [1.54, 1.807) is 43.5 Å². The van der Waals surface area contributed by atoms with Gasteiger partial charge < -0.3 is 14.2 Å². The van der Waals surface area contributed by atoms with Crippen molar-refractivity contribution in [2.75, 3.05) is 20.8 Å². The van der Waals surface area contributed by atoms with E-state index in [4.69, 9.17) is 14.2 Å². The van der Waals surface area contributed by atoms with Gasteiger partial charge in [0.15, 0.2) is 18.1 Å². The second-order valence-corrected chi connectivity index (χ2v) is 7.05. The Morgan fingerprint density at radius 1 is 1.12 bits per heavy atom. The number of rotatable bonds is 7. The molecule has 0 atom stereocenters. The number of hydrogen-bond donors (Lipinski definition) is 0. The van der Waals surface area contributed by atoms with Gasteiger partial charge >= 0.3 is 5.97 Å². The maximum Gasteiger partial charge on any atom is 0.331 e. The van der Waals surface area contributed by atoms with Gasteiger partial charge in [-0.05, 0) is 51.8 Å². The van der Waals surface area contributed by atoms with Crippen molar-refractivity contribution in [3.63, 3.8) is 0 Å². The lowest BCUT2D eigenvalue weighted by Gasteiger charge is -2.07. The molecule has 0 aliphatic heterocycles. The first-order valence-electron chi connectivity index (χ1n) is 6.89. The second kappa shape index (κ2) is 8.65. The van der Waals surface area contributed by atoms with Crippen LogP contribution in [0.5, 0.6) is 11.5 Å². The van der Waals surface area contributed by atoms with Crippen molar-refractivity contribution < 1.29 is 23.8 Å². The summed E-state index contributed by atoms with van der Waals surface area (Å²) in [7, 11) is 3.09. The van der Waals surface area contributed by atoms with E-state index < -0.39 is 5.97 Å². The number of Topliss-reactive ketones (excluding diaryl/α,β-unsaturated/α-hetero) is 1. The van der Waals surface area contributed by atoms with Gasteiger partial charge in [0.1, 0.15) is 0 Å². The molecule has 1 heterocycles. The molecule has 1 aromatic heterocycles. The Bertz CT molecular complexity index is 766. The molecule has 0 saturated heterocycles. The number of thiophene rings is 1. The largest absolute Gasteiger partial charge is 0.493 e. The highest BCUT2D eigenvalue weighted by molar-refractivity contribution is 9.11. The van der Waals surface area contributed by atoms with Crippen LogP contribution in [-0.4, -0.2) is 32.6 Å². The van der Waals surface area contributed by atoms with Gasteiger partial charge in [0.05, 0.1) is 22.9 Å². The predicted octanol–water partition coefficient (Wildman–Crippen LogP) is 3.97. The summed E-state index contributed by atoms with van der Waals surface area (Å²) in [5.41, 5.74) is 0.748. The second-order valence-electron chi connectivity index (χ2n) is 4.58. The predicted molar refractivity (Wildman–Crippen MR) is 95.9 cm³/mol. The van der Waals surface area contributed by atoms with Gasteiger partial charge in [-0.3, -0.25) is 4.79 Å². The van der Waals surface area contributed by atoms with Gasteiger partial charge in [0.25, 0.3) is 0 Å². The van der Waals surface area contributed by atoms with Crippen molar-refractivity contribution in [1.29, 1.82) is 0 Å². The fraction of sp³-hybridized carbons (Fsp3) is 0.176. The number of ether oxygens (including phenoxy) is 3. The van der Waals surface area contributed by atoms with Crippen LogP contribution in [0.4, 0.5) is 0 Å². The monoisotopic (exact) mass is 410 g/mol. The van der Waals surface area contributed by atoms with Crippen LogP contribution in [-0.2, 0) is 9.53 Å². The third kappa shape index (κ3) is 4.94. The van der Waals surface area contributed by atoms with Crippen molar-refractivity contribution in [3.05, 3.63) is 50.6 Å². The summed E-state index contributed by atoms with van der Waals surface area (Å²) in [6.45, 7) is -0.290. The Kier molecular flexibility index (Phi) is 6.57. The molecule has 0 aliphatic carbocycles. The molecule has 2 aromatic rings. The number of carbonyl (C=O) groups is 2. The molecule has 0 aliphatic rings. The zero-order valence-corrected chi connectivity index (χ0v) is 15.5. The van der Waals surface area contributed by atoms with Gasteiger partial charge in [-0.25, -0.2) is 4.79 Å². The highest BCUT2D eigenvalue weighted by Gasteiger charge is 2.11. The zero-order chi connectivity index (χ0) is 17.5. The Hall–Kier alpha value is -2.12. The number of ketones is 1. The molecule has 5 nitrogen and oxygen atoms in total. The highest BCUT2D eigenvalue weighted by atomic mass is 79.9. The van der Waals surface area contributed by atoms with Crippen LogP contribution < -0.4 is 9.47 Å². The summed E-state index contributed by atoms with van der Waals surface area (Å²) < 4.78 is 16.1. The molecule has 0 N–H and O–H groups in total. The number of hydrogen-bond acceptors (Lipinski definition) is 6. The van der Waals surface area contributed by atoms with Crippen molar-refractivity contribution in [1.82, 2.24) is 0 Å². The maximum atomic E-state index is 11.8. The molecule has 1 aromatic carbocycles. The lowest BCUT2D eigenvalue weighted by atomic mass is 10.2. The Morgan fingerprint density at radius 3 is 2.50 bits per heavy atom. The average molecular weight is 411 g/mol. The standard InChI is InChI=1S/C17H15BrO5S/c1-21-13-5-3-11(9-14(13)22-2)4-8-17(20)23-10-12(19)15-6-7-16(18)24-15/h3-9H,10H2,1-2H3. The molecule has 0 unspecified atom stereocenters. The molecule has 24 heavy (non-hydrogen) atoms. The number of benzene rings is 1. The molecular weight excluding hydrogens is 396 g/mol. The van der Waals surface area contributed by atoms with Gasteiger partial charge in [-0.2, -0.15) is 0 Å². The summed E-state index contributed by atoms with van der Waals surface area (Å²) in [5.74, 6) is 0.337. The van der Waals surface area contributed by atoms with Crippen LogP contribution >= 0.6 is 27.3 Å². The normalized spacial score (nSPS) is 10.6. The summed E-state index contributed by atoms with van der Waals surface area (Å²) in [6.07, 6.45) is 2.84. The van der Waals surface area contributed by atoms with E-state index in [0.29, 0.717) is 16.4 Å². The fourth-order valence-corrected chi connectivity index (χ4v) is 3.15. The molecule has 0 bridgehead atoms. The van der Waals surface area contributed by atoms with E-state index >= 15 is 0 Å². The Labute approximate surface area is 152 Å². The molecule has 0 saturated carbocycles. The van der Waals surface area contributed by atoms with Crippen LogP contribution in [0, 0.1) is 0 Å². The third-order valence-corrected chi connectivity index (χ3v) is 4.68. The first-order valence-corrected chi connectivity index (χ1v) is 8.50. The maximum absolute atomic E-state index is 11.8. The van der Waals surface area contributed by atoms with Gasteiger partial charge in [0.2, 0.25) is 5.78 Å². The van der Waals surface area contributed by atoms with Crippen LogP contribution in [0.15, 0.2) is 40.2 Å². The SMILES string of the molecule is COc1ccc(C=CC(=O)OCC(=O)c2ccc(Br)s2)cc1OC. The summed E-state index contributed by atoms with van der Waals surface area (Å²) in [6, 6.07) is 8.71. The van der Waals surface area contributed by atoms with E-state index in [-0.39, 0.29) is 12.4 Å². The molecule has 7 heteroatoms. The minimum absolute atomic E-state index is 0.237. The fourth-order valence-electron chi connectivity index (χ4n) is 1.84. The van der Waals surface area contributed by atoms with Gasteiger partial charge in [0, 0.05) is 6.08 Å². The third-order valence-electron chi connectivity index (χ3n) is 3.01. The van der Waals surface area contributed by atoms with E-state index in [2.05, 4.69) is 15.9 Å². The number of halogens is 1. The first kappa shape index (κ1) is 18.2. The molecule has 2 rings (SSSR count). The smallest absolute Gasteiger partial charge is 0.331 e. The van der Waals surface area contributed by atoms with Crippen LogP contribution in [0.3, 0.4) is 0 Å². The lowest BCUT2D eigenvalue weighted by Crippen LogP contribution is -2.11. The van der Waals surface area contributed by atoms with Crippen molar-refractivity contribution in [3.8, 4) is 11.5 Å². The average Bonchev–Trinajstić information content (AvgIpc) is 3.04. The summed E-state index contributed by atoms with van der Waals surface area (Å²) in [5, 5.41) is 0. The van der Waals surface area contributed by atoms with Gasteiger partial charge in [-0.15, -0.1) is 11.3 Å². The van der Waals surface area contributed by atoms with Crippen molar-refractivity contribution in [2.45, 2.75) is 0 Å². The van der Waals surface area contributed by atoms with E-state index in [1.807, 2.05) is 0 Å². The molecule has 0 radical (unpaired) electrons. The number of carbonyl (C=O) groups excluding carboxylic acids is 2. The molecule has 0 amide bonds. The minimum atomic E-state index is -0.589. The van der Waals surface area contributed by atoms with Crippen molar-refractivity contribution in [2.24, 2.45) is 0 Å². The summed E-state index contributed by atoms with van der Waals surface area (Å²) >= 11 is 4.58. The number of methoxy groups -OCH3 is 2. The van der Waals surface area contributed by atoms with E-state index in [9.17, 15) is 9.59 Å². The van der Waals surface area contributed by atoms with Gasteiger partial charge in [-0.1, -0.05) is 6.07 Å². The zero-order valence-electron chi connectivity index (χ0n) is 13.1. The highest BCUT2D eigenvalue weighted by Crippen LogP contribution is 2.28. The van der Waals surface area contributed by atoms with E-state index in [0.717, 1.165) is 9.35 Å². The topological polar surface area (TPSA) is 61.8 Å². The van der Waals surface area contributed by atoms with Crippen molar-refractivity contribution >= 4 is 45.1 Å². The quantitative estimate of drug-likeness (QED) is 0.392. The molecule has 0 spiro atoms. The Balaban J connectivity index is 1.92. The molecule has 0 fully saturated rings. The number of esters is 1. The Morgan fingerprint density at radius 2 is 1.88 bits per heavy atom. The molecular formula is C17H15BrO5S. The molecule has 126 valence electrons.